The molecule has 0 saturated carbocycles. The van der Waals surface area contributed by atoms with Crippen molar-refractivity contribution < 1.29 is 0 Å². The largest absolute Gasteiger partial charge is 0.309 e. The molecule has 2 heteroatoms. The molecule has 2 heterocycles. The molecule has 0 bridgehead atoms. The summed E-state index contributed by atoms with van der Waals surface area (Å²) in [6, 6.07) is 66.7. The first kappa shape index (κ1) is 27.3. The molecule has 0 saturated heterocycles. The monoisotopic (exact) mass is 634 g/mol. The number of para-hydroxylation sites is 3. The van der Waals surface area contributed by atoms with Crippen LogP contribution in [0.25, 0.3) is 98.4 Å². The second kappa shape index (κ2) is 10.4. The smallest absolute Gasteiger partial charge is 0.0641 e. The molecule has 0 atom stereocenters. The van der Waals surface area contributed by atoms with Gasteiger partial charge >= 0.3 is 0 Å². The molecule has 0 aliphatic rings. The zero-order valence-electron chi connectivity index (χ0n) is 27.2. The van der Waals surface area contributed by atoms with Crippen LogP contribution in [0.1, 0.15) is 0 Å². The zero-order chi connectivity index (χ0) is 32.8. The summed E-state index contributed by atoms with van der Waals surface area (Å²) in [5.74, 6) is 0. The highest BCUT2D eigenvalue weighted by molar-refractivity contribution is 6.28. The Balaban J connectivity index is 1.29. The Bertz CT molecular complexity index is 3110. The van der Waals surface area contributed by atoms with Gasteiger partial charge in [-0.25, -0.2) is 0 Å². The van der Waals surface area contributed by atoms with E-state index in [4.69, 9.17) is 0 Å². The van der Waals surface area contributed by atoms with E-state index in [2.05, 4.69) is 191 Å². The van der Waals surface area contributed by atoms with Crippen LogP contribution in [-0.4, -0.2) is 9.13 Å². The van der Waals surface area contributed by atoms with Crippen LogP contribution in [0.3, 0.4) is 0 Å². The summed E-state index contributed by atoms with van der Waals surface area (Å²) in [7, 11) is 0. The minimum absolute atomic E-state index is 1.16. The molecule has 232 valence electrons. The lowest BCUT2D eigenvalue weighted by Crippen LogP contribution is -1.97. The third kappa shape index (κ3) is 3.73. The molecular weight excluding hydrogens is 605 g/mol. The summed E-state index contributed by atoms with van der Waals surface area (Å²) in [5, 5.41) is 12.7. The van der Waals surface area contributed by atoms with Crippen molar-refractivity contribution in [3.8, 4) is 22.5 Å². The van der Waals surface area contributed by atoms with E-state index in [-0.39, 0.29) is 0 Å². The van der Waals surface area contributed by atoms with Gasteiger partial charge in [-0.2, -0.15) is 0 Å². The normalized spacial score (nSPS) is 12.0. The Morgan fingerprint density at radius 2 is 0.820 bits per heavy atom. The lowest BCUT2D eigenvalue weighted by atomic mass is 9.94. The van der Waals surface area contributed by atoms with E-state index < -0.39 is 0 Å². The van der Waals surface area contributed by atoms with E-state index >= 15 is 0 Å². The van der Waals surface area contributed by atoms with Crippen LogP contribution in [0.2, 0.25) is 0 Å². The highest BCUT2D eigenvalue weighted by Crippen LogP contribution is 2.44. The fraction of sp³-hybridized carbons (Fsp3) is 0. The lowest BCUT2D eigenvalue weighted by molar-refractivity contribution is 1.18. The zero-order valence-corrected chi connectivity index (χ0v) is 27.2. The topological polar surface area (TPSA) is 9.86 Å². The summed E-state index contributed by atoms with van der Waals surface area (Å²) in [4.78, 5) is 0. The Hall–Kier alpha value is -6.64. The van der Waals surface area contributed by atoms with E-state index in [0.717, 1.165) is 5.69 Å². The number of fused-ring (bicyclic) bond motifs is 13. The second-order valence-electron chi connectivity index (χ2n) is 13.3. The van der Waals surface area contributed by atoms with Gasteiger partial charge in [0.1, 0.15) is 0 Å². The fourth-order valence-electron chi connectivity index (χ4n) is 8.60. The van der Waals surface area contributed by atoms with Crippen LogP contribution in [0.4, 0.5) is 0 Å². The van der Waals surface area contributed by atoms with Crippen molar-refractivity contribution in [2.24, 2.45) is 0 Å². The first-order valence-electron chi connectivity index (χ1n) is 17.3. The van der Waals surface area contributed by atoms with Crippen molar-refractivity contribution in [2.45, 2.75) is 0 Å². The molecule has 11 aromatic rings. The van der Waals surface area contributed by atoms with Crippen molar-refractivity contribution in [3.63, 3.8) is 0 Å². The van der Waals surface area contributed by atoms with Crippen LogP contribution in [0.15, 0.2) is 182 Å². The quantitative estimate of drug-likeness (QED) is 0.171. The third-order valence-corrected chi connectivity index (χ3v) is 10.7. The summed E-state index contributed by atoms with van der Waals surface area (Å²) < 4.78 is 4.98. The van der Waals surface area contributed by atoms with Gasteiger partial charge in [0.25, 0.3) is 0 Å². The van der Waals surface area contributed by atoms with Crippen LogP contribution in [-0.2, 0) is 0 Å². The summed E-state index contributed by atoms with van der Waals surface area (Å²) in [6.07, 6.45) is 0. The molecule has 50 heavy (non-hydrogen) atoms. The predicted molar refractivity (Wildman–Crippen MR) is 213 cm³/mol. The maximum atomic E-state index is 2.51. The van der Waals surface area contributed by atoms with Crippen LogP contribution >= 0.6 is 0 Å². The average Bonchev–Trinajstić information content (AvgIpc) is 3.71. The predicted octanol–water partition coefficient (Wildman–Crippen LogP) is 13.0. The first-order valence-corrected chi connectivity index (χ1v) is 17.3. The van der Waals surface area contributed by atoms with Gasteiger partial charge in [0, 0.05) is 32.8 Å². The number of hydrogen-bond acceptors (Lipinski definition) is 0. The van der Waals surface area contributed by atoms with E-state index in [1.807, 2.05) is 0 Å². The standard InChI is InChI=1S/C48H30N2/c1-2-14-31(15-3-1)33-16-8-11-23-43(33)50-45-25-13-10-22-41(45)47-46(50)29-28-40-39-21-9-12-24-44(39)49(48(40)47)32-26-27-38-36-19-5-4-17-34(36)35-18-6-7-20-37(35)42(38)30-32/h1-30H. The molecule has 0 aliphatic carbocycles. The maximum Gasteiger partial charge on any atom is 0.0641 e. The Labute approximate surface area is 288 Å². The number of hydrogen-bond donors (Lipinski definition) is 0. The summed E-state index contributed by atoms with van der Waals surface area (Å²) >= 11 is 0. The molecular formula is C48H30N2. The van der Waals surface area contributed by atoms with Gasteiger partial charge in [-0.05, 0) is 74.3 Å². The molecule has 11 rings (SSSR count). The molecule has 0 amide bonds. The molecule has 0 N–H and O–H groups in total. The van der Waals surface area contributed by atoms with Crippen LogP contribution < -0.4 is 0 Å². The van der Waals surface area contributed by atoms with E-state index in [0.29, 0.717) is 0 Å². The van der Waals surface area contributed by atoms with E-state index in [1.165, 1.54) is 92.7 Å². The van der Waals surface area contributed by atoms with Gasteiger partial charge in [0.15, 0.2) is 0 Å². The van der Waals surface area contributed by atoms with Gasteiger partial charge in [-0.15, -0.1) is 0 Å². The second-order valence-corrected chi connectivity index (χ2v) is 13.3. The van der Waals surface area contributed by atoms with Gasteiger partial charge in [-0.1, -0.05) is 146 Å². The number of nitrogens with zero attached hydrogens (tertiary/aromatic N) is 2. The number of aromatic nitrogens is 2. The SMILES string of the molecule is c1ccc(-c2ccccc2-n2c3ccccc3c3c2ccc2c4ccccc4n(-c4ccc5c6ccccc6c6ccccc6c5c4)c23)cc1. The van der Waals surface area contributed by atoms with E-state index in [1.54, 1.807) is 0 Å². The van der Waals surface area contributed by atoms with Crippen LogP contribution in [0, 0.1) is 0 Å². The van der Waals surface area contributed by atoms with Gasteiger partial charge in [-0.3, -0.25) is 0 Å². The molecule has 0 unspecified atom stereocenters. The van der Waals surface area contributed by atoms with Crippen molar-refractivity contribution in [3.05, 3.63) is 182 Å². The van der Waals surface area contributed by atoms with Crippen molar-refractivity contribution >= 4 is 75.9 Å². The van der Waals surface area contributed by atoms with Crippen molar-refractivity contribution in [1.82, 2.24) is 9.13 Å². The Kier molecular flexibility index (Phi) is 5.70. The maximum absolute atomic E-state index is 2.51. The van der Waals surface area contributed by atoms with Gasteiger partial charge < -0.3 is 9.13 Å². The van der Waals surface area contributed by atoms with Crippen LogP contribution in [0.5, 0.6) is 0 Å². The van der Waals surface area contributed by atoms with Gasteiger partial charge in [0.05, 0.1) is 27.8 Å². The molecule has 9 aromatic carbocycles. The number of rotatable bonds is 3. The fourth-order valence-corrected chi connectivity index (χ4v) is 8.60. The molecule has 0 spiro atoms. The minimum atomic E-state index is 1.16. The third-order valence-electron chi connectivity index (χ3n) is 10.7. The molecule has 0 fully saturated rings. The average molecular weight is 635 g/mol. The molecule has 0 radical (unpaired) electrons. The van der Waals surface area contributed by atoms with E-state index in [9.17, 15) is 0 Å². The molecule has 2 aromatic heterocycles. The lowest BCUT2D eigenvalue weighted by Gasteiger charge is -2.15. The van der Waals surface area contributed by atoms with Gasteiger partial charge in [0.2, 0.25) is 0 Å². The highest BCUT2D eigenvalue weighted by Gasteiger charge is 2.22. The highest BCUT2D eigenvalue weighted by atomic mass is 15.0. The summed E-state index contributed by atoms with van der Waals surface area (Å²) in [6.45, 7) is 0. The minimum Gasteiger partial charge on any atom is -0.309 e. The first-order chi connectivity index (χ1) is 24.8. The number of benzene rings is 9. The Morgan fingerprint density at radius 1 is 0.300 bits per heavy atom. The van der Waals surface area contributed by atoms with Crippen molar-refractivity contribution in [2.75, 3.05) is 0 Å². The van der Waals surface area contributed by atoms with Crippen molar-refractivity contribution in [1.29, 1.82) is 0 Å². The Morgan fingerprint density at radius 3 is 1.54 bits per heavy atom. The summed E-state index contributed by atoms with van der Waals surface area (Å²) in [5.41, 5.74) is 9.61. The molecule has 0 aliphatic heterocycles. The molecule has 2 nitrogen and oxygen atoms in total.